The summed E-state index contributed by atoms with van der Waals surface area (Å²) in [6.45, 7) is 1.44. The average Bonchev–Trinajstić information content (AvgIpc) is 1.64. The number of hydrogen-bond acceptors (Lipinski definition) is 3. The topological polar surface area (TPSA) is 66.9 Å². The molecule has 0 unspecified atom stereocenters. The second kappa shape index (κ2) is 3.10. The van der Waals surface area contributed by atoms with Crippen molar-refractivity contribution in [1.29, 1.82) is 5.26 Å². The summed E-state index contributed by atoms with van der Waals surface area (Å²) in [7, 11) is 0. The van der Waals surface area contributed by atoms with Crippen molar-refractivity contribution in [2.75, 3.05) is 0 Å². The van der Waals surface area contributed by atoms with E-state index in [1.807, 2.05) is 0 Å². The standard InChI is InChI=1S/C5H5ClN2O/c1-3(8)4(2-7)5(6)9/h8H2,1H3/b4-3-. The summed E-state index contributed by atoms with van der Waals surface area (Å²) in [6.07, 6.45) is 0. The molecule has 3 nitrogen and oxygen atoms in total. The predicted octanol–water partition coefficient (Wildman–Crippen LogP) is 0.508. The van der Waals surface area contributed by atoms with Crippen LogP contribution in [0, 0.1) is 11.3 Å². The quantitative estimate of drug-likeness (QED) is 0.331. The van der Waals surface area contributed by atoms with Gasteiger partial charge in [0.2, 0.25) is 0 Å². The smallest absolute Gasteiger partial charge is 0.264 e. The first kappa shape index (κ1) is 7.99. The van der Waals surface area contributed by atoms with E-state index in [2.05, 4.69) is 0 Å². The maximum atomic E-state index is 10.2. The van der Waals surface area contributed by atoms with Gasteiger partial charge in [-0.05, 0) is 18.5 Å². The number of carbonyl (C=O) groups excluding carboxylic acids is 1. The van der Waals surface area contributed by atoms with E-state index in [0.717, 1.165) is 0 Å². The molecule has 0 saturated carbocycles. The summed E-state index contributed by atoms with van der Waals surface area (Å²) in [5.41, 5.74) is 5.07. The fourth-order valence-corrected chi connectivity index (χ4v) is 0.478. The lowest BCUT2D eigenvalue weighted by molar-refractivity contribution is -0.108. The molecule has 0 amide bonds. The zero-order valence-corrected chi connectivity index (χ0v) is 5.57. The summed E-state index contributed by atoms with van der Waals surface area (Å²) >= 11 is 4.94. The van der Waals surface area contributed by atoms with Crippen LogP contribution < -0.4 is 5.73 Å². The summed E-state index contributed by atoms with van der Waals surface area (Å²) in [5, 5.41) is 7.37. The Morgan fingerprint density at radius 2 is 2.22 bits per heavy atom. The van der Waals surface area contributed by atoms with Gasteiger partial charge in [-0.3, -0.25) is 4.79 Å². The van der Waals surface area contributed by atoms with Gasteiger partial charge in [0.15, 0.2) is 0 Å². The highest BCUT2D eigenvalue weighted by atomic mass is 35.5. The van der Waals surface area contributed by atoms with Gasteiger partial charge < -0.3 is 5.73 Å². The van der Waals surface area contributed by atoms with Gasteiger partial charge in [0, 0.05) is 5.70 Å². The Balaban J connectivity index is 4.62. The Hall–Kier alpha value is -1.01. The molecule has 0 saturated heterocycles. The first-order valence-corrected chi connectivity index (χ1v) is 2.53. The van der Waals surface area contributed by atoms with Crippen LogP contribution in [0.2, 0.25) is 0 Å². The van der Waals surface area contributed by atoms with Crippen molar-refractivity contribution in [1.82, 2.24) is 0 Å². The van der Waals surface area contributed by atoms with Crippen molar-refractivity contribution in [3.8, 4) is 6.07 Å². The molecule has 0 aromatic heterocycles. The number of nitrogens with zero attached hydrogens (tertiary/aromatic N) is 1. The zero-order chi connectivity index (χ0) is 7.44. The van der Waals surface area contributed by atoms with Gasteiger partial charge in [-0.2, -0.15) is 5.26 Å². The lowest BCUT2D eigenvalue weighted by atomic mass is 10.3. The Labute approximate surface area is 57.7 Å². The Bertz CT molecular complexity index is 197. The van der Waals surface area contributed by atoms with Crippen LogP contribution in [0.1, 0.15) is 6.92 Å². The van der Waals surface area contributed by atoms with Gasteiger partial charge in [-0.15, -0.1) is 0 Å². The van der Waals surface area contributed by atoms with Crippen molar-refractivity contribution in [3.05, 3.63) is 11.3 Å². The van der Waals surface area contributed by atoms with E-state index in [4.69, 9.17) is 22.6 Å². The SMILES string of the molecule is C/C(N)=C(\C#N)C(=O)Cl. The lowest BCUT2D eigenvalue weighted by Crippen LogP contribution is -2.01. The Morgan fingerprint density at radius 3 is 2.22 bits per heavy atom. The molecule has 0 atom stereocenters. The third-order valence-corrected chi connectivity index (χ3v) is 0.892. The molecule has 0 heterocycles. The number of nitrogens with two attached hydrogens (primary N) is 1. The summed E-state index contributed by atoms with van der Waals surface area (Å²) < 4.78 is 0. The predicted molar refractivity (Wildman–Crippen MR) is 33.4 cm³/mol. The van der Waals surface area contributed by atoms with Crippen LogP contribution in [0.4, 0.5) is 0 Å². The van der Waals surface area contributed by atoms with Gasteiger partial charge in [0.25, 0.3) is 5.24 Å². The lowest BCUT2D eigenvalue weighted by Gasteiger charge is -1.89. The molecule has 0 rings (SSSR count). The van der Waals surface area contributed by atoms with E-state index in [9.17, 15) is 4.79 Å². The average molecular weight is 145 g/mol. The summed E-state index contributed by atoms with van der Waals surface area (Å²) in [5.74, 6) is 0. The molecule has 4 heteroatoms. The largest absolute Gasteiger partial charge is 0.401 e. The van der Waals surface area contributed by atoms with Crippen LogP contribution in [-0.4, -0.2) is 5.24 Å². The minimum atomic E-state index is -0.808. The van der Waals surface area contributed by atoms with Gasteiger partial charge in [0.05, 0.1) is 0 Å². The maximum Gasteiger partial charge on any atom is 0.264 e. The molecule has 0 aliphatic carbocycles. The van der Waals surface area contributed by atoms with E-state index in [0.29, 0.717) is 0 Å². The van der Waals surface area contributed by atoms with E-state index in [-0.39, 0.29) is 11.3 Å². The highest BCUT2D eigenvalue weighted by Crippen LogP contribution is 2.00. The molecule has 0 bridgehead atoms. The molecule has 0 aromatic carbocycles. The van der Waals surface area contributed by atoms with Crippen molar-refractivity contribution in [2.45, 2.75) is 6.92 Å². The molecule has 0 radical (unpaired) electrons. The molecule has 0 fully saturated rings. The summed E-state index contributed by atoms with van der Waals surface area (Å²) in [6, 6.07) is 1.57. The van der Waals surface area contributed by atoms with E-state index in [1.54, 1.807) is 6.07 Å². The molecular formula is C5H5ClN2O. The fraction of sp³-hybridized carbons (Fsp3) is 0.200. The van der Waals surface area contributed by atoms with Crippen LogP contribution in [0.15, 0.2) is 11.3 Å². The molecule has 0 spiro atoms. The van der Waals surface area contributed by atoms with E-state index >= 15 is 0 Å². The Kier molecular flexibility index (Phi) is 2.75. The van der Waals surface area contributed by atoms with Gasteiger partial charge in [-0.1, -0.05) is 0 Å². The van der Waals surface area contributed by atoms with Crippen LogP contribution in [0.25, 0.3) is 0 Å². The van der Waals surface area contributed by atoms with Crippen molar-refractivity contribution >= 4 is 16.8 Å². The number of halogens is 1. The van der Waals surface area contributed by atoms with Crippen LogP contribution in [-0.2, 0) is 4.79 Å². The first-order chi connectivity index (χ1) is 4.09. The maximum absolute atomic E-state index is 10.2. The first-order valence-electron chi connectivity index (χ1n) is 2.16. The molecule has 0 aliphatic heterocycles. The number of rotatable bonds is 1. The molecule has 48 valence electrons. The highest BCUT2D eigenvalue weighted by Gasteiger charge is 2.05. The monoisotopic (exact) mass is 144 g/mol. The van der Waals surface area contributed by atoms with Crippen LogP contribution in [0.5, 0.6) is 0 Å². The van der Waals surface area contributed by atoms with Gasteiger partial charge in [-0.25, -0.2) is 0 Å². The number of allylic oxidation sites excluding steroid dienone is 2. The minimum Gasteiger partial charge on any atom is -0.401 e. The number of hydrogen-bond donors (Lipinski definition) is 1. The molecular weight excluding hydrogens is 140 g/mol. The second-order valence-electron chi connectivity index (χ2n) is 1.44. The molecule has 9 heavy (non-hydrogen) atoms. The van der Waals surface area contributed by atoms with Crippen molar-refractivity contribution in [3.63, 3.8) is 0 Å². The summed E-state index contributed by atoms with van der Waals surface area (Å²) in [4.78, 5) is 10.2. The molecule has 2 N–H and O–H groups in total. The molecule has 0 aliphatic rings. The van der Waals surface area contributed by atoms with Gasteiger partial charge >= 0.3 is 0 Å². The van der Waals surface area contributed by atoms with Gasteiger partial charge in [0.1, 0.15) is 11.6 Å². The van der Waals surface area contributed by atoms with Crippen molar-refractivity contribution in [2.24, 2.45) is 5.73 Å². The normalized spacial score (nSPS) is 11.7. The molecule has 0 aromatic rings. The third kappa shape index (κ3) is 2.15. The van der Waals surface area contributed by atoms with Crippen molar-refractivity contribution < 1.29 is 4.79 Å². The van der Waals surface area contributed by atoms with Crippen LogP contribution in [0.3, 0.4) is 0 Å². The van der Waals surface area contributed by atoms with Crippen LogP contribution >= 0.6 is 11.6 Å². The fourth-order valence-electron chi connectivity index (χ4n) is 0.287. The zero-order valence-electron chi connectivity index (χ0n) is 4.81. The second-order valence-corrected chi connectivity index (χ2v) is 1.79. The number of nitriles is 1. The number of carbonyl (C=O) groups is 1. The highest BCUT2D eigenvalue weighted by molar-refractivity contribution is 6.68. The van der Waals surface area contributed by atoms with E-state index in [1.165, 1.54) is 6.92 Å². The van der Waals surface area contributed by atoms with E-state index < -0.39 is 5.24 Å². The third-order valence-electron chi connectivity index (χ3n) is 0.703. The minimum absolute atomic E-state index is 0.150. The Morgan fingerprint density at radius 1 is 1.78 bits per heavy atom.